The fourth-order valence-electron chi connectivity index (χ4n) is 8.64. The Morgan fingerprint density at radius 3 is 1.26 bits per heavy atom. The normalized spacial score (nSPS) is 13.7. The number of unbranched alkanes of at least 4 members (excludes halogenated alkanes) is 28. The third-order valence-electron chi connectivity index (χ3n) is 13.0. The van der Waals surface area contributed by atoms with Gasteiger partial charge in [0, 0.05) is 6.42 Å². The highest BCUT2D eigenvalue weighted by Crippen LogP contribution is 2.18. The van der Waals surface area contributed by atoms with Crippen LogP contribution < -0.4 is 5.32 Å². The highest BCUT2D eigenvalue weighted by Gasteiger charge is 2.24. The van der Waals surface area contributed by atoms with Gasteiger partial charge in [0.05, 0.1) is 25.2 Å². The Bertz CT molecular complexity index is 1250. The van der Waals surface area contributed by atoms with Crippen LogP contribution >= 0.6 is 0 Å². The molecule has 0 spiro atoms. The van der Waals surface area contributed by atoms with E-state index >= 15 is 0 Å². The van der Waals surface area contributed by atoms with Gasteiger partial charge in [-0.25, -0.2) is 0 Å². The van der Waals surface area contributed by atoms with Crippen molar-refractivity contribution in [2.24, 2.45) is 0 Å². The van der Waals surface area contributed by atoms with Crippen molar-refractivity contribution in [1.29, 1.82) is 0 Å². The SMILES string of the molecule is CC/C=C/C/C=C/C/C=C/C/C=C/CCCC(CC(=O)NC(CO)C(O)CCCCCCCCCCCCCCCCCC)OC(=O)CCCCCCCCCCC/C=C\C/C=C\CCCCC. The second-order valence-electron chi connectivity index (χ2n) is 19.7. The maximum Gasteiger partial charge on any atom is 0.306 e. The standard InChI is InChI=1S/C62H111NO5/c1-4-7-10-13-16-19-22-25-28-30-31-32-34-37-40-43-46-49-52-55-62(67)68-58(53-50-47-44-41-38-35-27-24-21-18-15-12-9-6-3)56-61(66)63-59(57-64)60(65)54-51-48-45-42-39-36-33-29-26-23-20-17-14-11-8-5-2/h9,12,16,18-19,21,25,27-28,35,41,44,58-60,64-65H,4-8,10-11,13-15,17,20,22-24,26,29-34,36-40,42-43,45-57H2,1-3H3,(H,63,66)/b12-9+,19-16-,21-18+,28-25-,35-27+,44-41+. The van der Waals surface area contributed by atoms with Crippen LogP contribution in [0, 0.1) is 0 Å². The average molecular weight is 951 g/mol. The van der Waals surface area contributed by atoms with E-state index in [1.54, 1.807) is 0 Å². The quantitative estimate of drug-likeness (QED) is 0.0321. The monoisotopic (exact) mass is 950 g/mol. The molecular formula is C62H111NO5. The Morgan fingerprint density at radius 2 is 0.809 bits per heavy atom. The molecule has 6 heteroatoms. The van der Waals surface area contributed by atoms with Gasteiger partial charge in [-0.1, -0.05) is 254 Å². The number of rotatable bonds is 52. The molecule has 0 bridgehead atoms. The van der Waals surface area contributed by atoms with Crippen LogP contribution in [-0.4, -0.2) is 46.9 Å². The smallest absolute Gasteiger partial charge is 0.306 e. The number of ether oxygens (including phenoxy) is 1. The first kappa shape index (κ1) is 65.3. The zero-order valence-electron chi connectivity index (χ0n) is 45.0. The number of carbonyl (C=O) groups is 2. The van der Waals surface area contributed by atoms with Crippen LogP contribution in [0.4, 0.5) is 0 Å². The van der Waals surface area contributed by atoms with Gasteiger partial charge in [0.1, 0.15) is 6.10 Å². The van der Waals surface area contributed by atoms with Crippen molar-refractivity contribution in [1.82, 2.24) is 5.32 Å². The predicted octanol–water partition coefficient (Wildman–Crippen LogP) is 18.1. The molecule has 0 aromatic rings. The predicted molar refractivity (Wildman–Crippen MR) is 296 cm³/mol. The molecule has 0 aliphatic heterocycles. The van der Waals surface area contributed by atoms with Gasteiger partial charge < -0.3 is 20.3 Å². The van der Waals surface area contributed by atoms with Gasteiger partial charge in [0.25, 0.3) is 0 Å². The molecule has 0 radical (unpaired) electrons. The third-order valence-corrected chi connectivity index (χ3v) is 13.0. The van der Waals surface area contributed by atoms with Crippen molar-refractivity contribution >= 4 is 11.9 Å². The molecule has 68 heavy (non-hydrogen) atoms. The van der Waals surface area contributed by atoms with Crippen molar-refractivity contribution < 1.29 is 24.5 Å². The summed E-state index contributed by atoms with van der Waals surface area (Å²) in [5.41, 5.74) is 0. The third kappa shape index (κ3) is 49.7. The Morgan fingerprint density at radius 1 is 0.441 bits per heavy atom. The largest absolute Gasteiger partial charge is 0.462 e. The number of nitrogens with one attached hydrogen (secondary N) is 1. The second-order valence-corrected chi connectivity index (χ2v) is 19.7. The first-order valence-electron chi connectivity index (χ1n) is 29.2. The number of esters is 1. The van der Waals surface area contributed by atoms with Gasteiger partial charge in [-0.05, 0) is 89.9 Å². The average Bonchev–Trinajstić information content (AvgIpc) is 3.33. The maximum absolute atomic E-state index is 13.3. The van der Waals surface area contributed by atoms with Crippen LogP contribution in [0.5, 0.6) is 0 Å². The molecule has 3 N–H and O–H groups in total. The molecule has 0 saturated carbocycles. The molecule has 0 aromatic heterocycles. The van der Waals surface area contributed by atoms with Gasteiger partial charge in [0.2, 0.25) is 5.91 Å². The van der Waals surface area contributed by atoms with Crippen LogP contribution in [0.2, 0.25) is 0 Å². The summed E-state index contributed by atoms with van der Waals surface area (Å²) in [6.45, 7) is 6.35. The lowest BCUT2D eigenvalue weighted by Gasteiger charge is -2.24. The second kappa shape index (κ2) is 55.2. The van der Waals surface area contributed by atoms with Crippen molar-refractivity contribution in [3.05, 3.63) is 72.9 Å². The molecular weight excluding hydrogens is 839 g/mol. The van der Waals surface area contributed by atoms with E-state index in [0.29, 0.717) is 19.3 Å². The van der Waals surface area contributed by atoms with Gasteiger partial charge in [0.15, 0.2) is 0 Å². The molecule has 0 rings (SSSR count). The van der Waals surface area contributed by atoms with Crippen LogP contribution in [0.25, 0.3) is 0 Å². The molecule has 1 amide bonds. The minimum absolute atomic E-state index is 0.0367. The van der Waals surface area contributed by atoms with Crippen molar-refractivity contribution in [3.8, 4) is 0 Å². The highest BCUT2D eigenvalue weighted by molar-refractivity contribution is 5.77. The maximum atomic E-state index is 13.3. The molecule has 0 saturated heterocycles. The molecule has 6 nitrogen and oxygen atoms in total. The molecule has 0 aliphatic carbocycles. The molecule has 3 atom stereocenters. The Labute approximate surface area is 421 Å². The summed E-state index contributed by atoms with van der Waals surface area (Å²) in [4.78, 5) is 26.3. The van der Waals surface area contributed by atoms with E-state index in [1.807, 2.05) is 0 Å². The number of amides is 1. The Balaban J connectivity index is 4.58. The van der Waals surface area contributed by atoms with Crippen molar-refractivity contribution in [2.45, 2.75) is 302 Å². The van der Waals surface area contributed by atoms with E-state index < -0.39 is 18.2 Å². The summed E-state index contributed by atoms with van der Waals surface area (Å²) < 4.78 is 5.93. The minimum Gasteiger partial charge on any atom is -0.462 e. The summed E-state index contributed by atoms with van der Waals surface area (Å²) in [7, 11) is 0. The van der Waals surface area contributed by atoms with E-state index in [2.05, 4.69) is 99.0 Å². The first-order chi connectivity index (χ1) is 33.5. The number of aliphatic hydroxyl groups is 2. The number of carbonyl (C=O) groups excluding carboxylic acids is 2. The number of hydrogen-bond donors (Lipinski definition) is 3. The van der Waals surface area contributed by atoms with Gasteiger partial charge in [-0.3, -0.25) is 9.59 Å². The van der Waals surface area contributed by atoms with E-state index in [0.717, 1.165) is 83.5 Å². The first-order valence-corrected chi connectivity index (χ1v) is 29.2. The van der Waals surface area contributed by atoms with Crippen molar-refractivity contribution in [3.63, 3.8) is 0 Å². The summed E-state index contributed by atoms with van der Waals surface area (Å²) in [5.74, 6) is -0.528. The summed E-state index contributed by atoms with van der Waals surface area (Å²) in [6, 6.07) is -0.723. The van der Waals surface area contributed by atoms with Crippen LogP contribution in [0.3, 0.4) is 0 Å². The summed E-state index contributed by atoms with van der Waals surface area (Å²) >= 11 is 0. The summed E-state index contributed by atoms with van der Waals surface area (Å²) in [6.07, 6.45) is 71.2. The molecule has 0 heterocycles. The molecule has 0 aromatic carbocycles. The van der Waals surface area contributed by atoms with Gasteiger partial charge in [-0.2, -0.15) is 0 Å². The van der Waals surface area contributed by atoms with Crippen molar-refractivity contribution in [2.75, 3.05) is 6.61 Å². The zero-order chi connectivity index (χ0) is 49.5. The number of aliphatic hydroxyl groups excluding tert-OH is 2. The zero-order valence-corrected chi connectivity index (χ0v) is 45.0. The van der Waals surface area contributed by atoms with E-state index in [4.69, 9.17) is 4.74 Å². The topological polar surface area (TPSA) is 95.9 Å². The summed E-state index contributed by atoms with van der Waals surface area (Å²) in [5, 5.41) is 23.9. The number of hydrogen-bond acceptors (Lipinski definition) is 5. The lowest BCUT2D eigenvalue weighted by atomic mass is 10.0. The lowest BCUT2D eigenvalue weighted by molar-refractivity contribution is -0.151. The molecule has 3 unspecified atom stereocenters. The molecule has 394 valence electrons. The van der Waals surface area contributed by atoms with E-state index in [9.17, 15) is 19.8 Å². The van der Waals surface area contributed by atoms with Crippen LogP contribution in [-0.2, 0) is 14.3 Å². The Hall–Kier alpha value is -2.70. The fraction of sp³-hybridized carbons (Fsp3) is 0.774. The highest BCUT2D eigenvalue weighted by atomic mass is 16.5. The van der Waals surface area contributed by atoms with Crippen LogP contribution in [0.15, 0.2) is 72.9 Å². The van der Waals surface area contributed by atoms with Crippen LogP contribution in [0.1, 0.15) is 284 Å². The number of allylic oxidation sites excluding steroid dienone is 12. The molecule has 0 aliphatic rings. The fourth-order valence-corrected chi connectivity index (χ4v) is 8.64. The Kier molecular flexibility index (Phi) is 53.0. The van der Waals surface area contributed by atoms with E-state index in [1.165, 1.54) is 154 Å². The minimum atomic E-state index is -0.806. The lowest BCUT2D eigenvalue weighted by Crippen LogP contribution is -2.46. The van der Waals surface area contributed by atoms with Gasteiger partial charge >= 0.3 is 5.97 Å². The molecule has 0 fully saturated rings. The van der Waals surface area contributed by atoms with E-state index in [-0.39, 0.29) is 24.9 Å². The van der Waals surface area contributed by atoms with Gasteiger partial charge in [-0.15, -0.1) is 0 Å².